The van der Waals surface area contributed by atoms with E-state index in [1.54, 1.807) is 0 Å². The van der Waals surface area contributed by atoms with E-state index in [-0.39, 0.29) is 0 Å². The maximum Gasteiger partial charge on any atom is 0.223 e. The van der Waals surface area contributed by atoms with Crippen LogP contribution in [-0.4, -0.2) is 87.1 Å². The van der Waals surface area contributed by atoms with Gasteiger partial charge in [-0.05, 0) is 20.0 Å². The fraction of sp³-hybridized carbons (Fsp3) is 0.923. The van der Waals surface area contributed by atoms with Gasteiger partial charge in [-0.15, -0.1) is 0 Å². The first-order valence-corrected chi connectivity index (χ1v) is 7.00. The van der Waals surface area contributed by atoms with Gasteiger partial charge in [0.2, 0.25) is 5.91 Å². The molecule has 0 spiro atoms. The number of nitrogens with zero attached hydrogens (tertiary/aromatic N) is 3. The molecule has 0 aromatic rings. The Morgan fingerprint density at radius 1 is 1.33 bits per heavy atom. The Kier molecular flexibility index (Phi) is 4.97. The SMILES string of the molecule is CN(C)CCN1CC(CN2CCNCC2)CC1=O. The molecule has 1 unspecified atom stereocenters. The minimum atomic E-state index is 0.344. The van der Waals surface area contributed by atoms with Crippen molar-refractivity contribution in [1.29, 1.82) is 0 Å². The van der Waals surface area contributed by atoms with Crippen LogP contribution in [0.1, 0.15) is 6.42 Å². The molecule has 18 heavy (non-hydrogen) atoms. The molecule has 0 saturated carbocycles. The fourth-order valence-corrected chi connectivity index (χ4v) is 2.77. The van der Waals surface area contributed by atoms with Crippen LogP contribution in [-0.2, 0) is 4.79 Å². The molecule has 2 heterocycles. The lowest BCUT2D eigenvalue weighted by Gasteiger charge is -2.29. The first kappa shape index (κ1) is 13.8. The van der Waals surface area contributed by atoms with E-state index in [0.717, 1.165) is 58.8 Å². The van der Waals surface area contributed by atoms with E-state index in [1.807, 2.05) is 4.90 Å². The molecule has 0 aromatic heterocycles. The minimum absolute atomic E-state index is 0.344. The van der Waals surface area contributed by atoms with Crippen molar-refractivity contribution in [2.24, 2.45) is 5.92 Å². The minimum Gasteiger partial charge on any atom is -0.341 e. The number of nitrogens with one attached hydrogen (secondary N) is 1. The van der Waals surface area contributed by atoms with E-state index in [9.17, 15) is 4.79 Å². The number of likely N-dealkylation sites (tertiary alicyclic amines) is 1. The van der Waals surface area contributed by atoms with E-state index >= 15 is 0 Å². The maximum atomic E-state index is 11.9. The Balaban J connectivity index is 1.73. The van der Waals surface area contributed by atoms with Crippen LogP contribution in [0, 0.1) is 5.92 Å². The van der Waals surface area contributed by atoms with Gasteiger partial charge in [-0.2, -0.15) is 0 Å². The van der Waals surface area contributed by atoms with Crippen LogP contribution in [0.25, 0.3) is 0 Å². The van der Waals surface area contributed by atoms with E-state index < -0.39 is 0 Å². The second kappa shape index (κ2) is 6.50. The van der Waals surface area contributed by atoms with Crippen LogP contribution in [0.4, 0.5) is 0 Å². The Labute approximate surface area is 110 Å². The van der Waals surface area contributed by atoms with Gasteiger partial charge in [0.1, 0.15) is 0 Å². The first-order valence-electron chi connectivity index (χ1n) is 7.00. The number of amides is 1. The summed E-state index contributed by atoms with van der Waals surface area (Å²) in [6.45, 7) is 8.32. The molecule has 0 aromatic carbocycles. The van der Waals surface area contributed by atoms with Gasteiger partial charge in [0.25, 0.3) is 0 Å². The van der Waals surface area contributed by atoms with E-state index in [0.29, 0.717) is 11.8 Å². The van der Waals surface area contributed by atoms with Gasteiger partial charge in [-0.3, -0.25) is 4.79 Å². The lowest BCUT2D eigenvalue weighted by atomic mass is 10.1. The summed E-state index contributed by atoms with van der Waals surface area (Å²) in [5, 5.41) is 3.37. The van der Waals surface area contributed by atoms with E-state index in [4.69, 9.17) is 0 Å². The summed E-state index contributed by atoms with van der Waals surface area (Å²) in [6.07, 6.45) is 0.747. The lowest BCUT2D eigenvalue weighted by Crippen LogP contribution is -2.45. The number of piperazine rings is 1. The van der Waals surface area contributed by atoms with Gasteiger partial charge in [-0.25, -0.2) is 0 Å². The van der Waals surface area contributed by atoms with Crippen molar-refractivity contribution in [1.82, 2.24) is 20.0 Å². The first-order chi connectivity index (χ1) is 8.65. The Bertz CT molecular complexity index is 276. The molecule has 104 valence electrons. The normalized spacial score (nSPS) is 26.3. The maximum absolute atomic E-state index is 11.9. The highest BCUT2D eigenvalue weighted by Crippen LogP contribution is 2.18. The second-order valence-corrected chi connectivity index (χ2v) is 5.76. The highest BCUT2D eigenvalue weighted by Gasteiger charge is 2.30. The van der Waals surface area contributed by atoms with Crippen LogP contribution in [0.15, 0.2) is 0 Å². The lowest BCUT2D eigenvalue weighted by molar-refractivity contribution is -0.127. The average molecular weight is 254 g/mol. The molecule has 2 saturated heterocycles. The van der Waals surface area contributed by atoms with Gasteiger partial charge >= 0.3 is 0 Å². The van der Waals surface area contributed by atoms with Gasteiger partial charge in [0.05, 0.1) is 0 Å². The molecule has 2 rings (SSSR count). The summed E-state index contributed by atoms with van der Waals surface area (Å²) in [7, 11) is 4.11. The quantitative estimate of drug-likeness (QED) is 0.704. The molecule has 1 atom stereocenters. The summed E-state index contributed by atoms with van der Waals surface area (Å²) in [4.78, 5) is 18.6. The predicted octanol–water partition coefficient (Wildman–Crippen LogP) is -0.698. The monoisotopic (exact) mass is 254 g/mol. The molecular formula is C13H26N4O. The van der Waals surface area contributed by atoms with Gasteiger partial charge in [0.15, 0.2) is 0 Å². The standard InChI is InChI=1S/C13H26N4O/c1-15(2)7-8-17-11-12(9-13(17)18)10-16-5-3-14-4-6-16/h12,14H,3-11H2,1-2H3. The van der Waals surface area contributed by atoms with Crippen molar-refractivity contribution in [3.05, 3.63) is 0 Å². The van der Waals surface area contributed by atoms with Crippen molar-refractivity contribution >= 4 is 5.91 Å². The number of hydrogen-bond donors (Lipinski definition) is 1. The predicted molar refractivity (Wildman–Crippen MR) is 72.6 cm³/mol. The van der Waals surface area contributed by atoms with Gasteiger partial charge < -0.3 is 20.0 Å². The zero-order valence-electron chi connectivity index (χ0n) is 11.7. The molecule has 0 bridgehead atoms. The third kappa shape index (κ3) is 3.93. The molecule has 5 heteroatoms. The zero-order valence-corrected chi connectivity index (χ0v) is 11.7. The third-order valence-electron chi connectivity index (χ3n) is 3.84. The van der Waals surface area contributed by atoms with Gasteiger partial charge in [0, 0.05) is 58.8 Å². The number of hydrogen-bond acceptors (Lipinski definition) is 4. The summed E-state index contributed by atoms with van der Waals surface area (Å²) in [5.74, 6) is 0.884. The number of carbonyl (C=O) groups is 1. The smallest absolute Gasteiger partial charge is 0.223 e. The van der Waals surface area contributed by atoms with Crippen LogP contribution >= 0.6 is 0 Å². The average Bonchev–Trinajstić information content (AvgIpc) is 2.68. The second-order valence-electron chi connectivity index (χ2n) is 5.76. The molecule has 2 aliphatic rings. The zero-order chi connectivity index (χ0) is 13.0. The number of carbonyl (C=O) groups excluding carboxylic acids is 1. The van der Waals surface area contributed by atoms with Crippen molar-refractivity contribution in [2.45, 2.75) is 6.42 Å². The van der Waals surface area contributed by atoms with Crippen molar-refractivity contribution in [2.75, 3.05) is 66.5 Å². The van der Waals surface area contributed by atoms with Crippen molar-refractivity contribution in [3.63, 3.8) is 0 Å². The molecule has 2 aliphatic heterocycles. The topological polar surface area (TPSA) is 38.8 Å². The molecule has 0 aliphatic carbocycles. The van der Waals surface area contributed by atoms with Crippen LogP contribution in [0.5, 0.6) is 0 Å². The van der Waals surface area contributed by atoms with E-state index in [1.165, 1.54) is 0 Å². The summed E-state index contributed by atoms with van der Waals surface area (Å²) < 4.78 is 0. The van der Waals surface area contributed by atoms with Crippen LogP contribution < -0.4 is 5.32 Å². The molecular weight excluding hydrogens is 228 g/mol. The number of likely N-dealkylation sites (N-methyl/N-ethyl adjacent to an activating group) is 1. The molecule has 5 nitrogen and oxygen atoms in total. The highest BCUT2D eigenvalue weighted by atomic mass is 16.2. The van der Waals surface area contributed by atoms with Crippen molar-refractivity contribution in [3.8, 4) is 0 Å². The summed E-state index contributed by atoms with van der Waals surface area (Å²) in [6, 6.07) is 0. The Morgan fingerprint density at radius 3 is 2.72 bits per heavy atom. The summed E-state index contributed by atoms with van der Waals surface area (Å²) in [5.41, 5.74) is 0. The van der Waals surface area contributed by atoms with Crippen molar-refractivity contribution < 1.29 is 4.79 Å². The van der Waals surface area contributed by atoms with Crippen LogP contribution in [0.2, 0.25) is 0 Å². The Morgan fingerprint density at radius 2 is 2.06 bits per heavy atom. The van der Waals surface area contributed by atoms with Gasteiger partial charge in [-0.1, -0.05) is 0 Å². The largest absolute Gasteiger partial charge is 0.341 e. The summed E-state index contributed by atoms with van der Waals surface area (Å²) >= 11 is 0. The van der Waals surface area contributed by atoms with E-state index in [2.05, 4.69) is 29.2 Å². The van der Waals surface area contributed by atoms with Crippen LogP contribution in [0.3, 0.4) is 0 Å². The number of rotatable bonds is 5. The molecule has 1 N–H and O–H groups in total. The molecule has 2 fully saturated rings. The molecule has 0 radical (unpaired) electrons. The highest BCUT2D eigenvalue weighted by molar-refractivity contribution is 5.78. The fourth-order valence-electron chi connectivity index (χ4n) is 2.77. The Hall–Kier alpha value is -0.650. The molecule has 1 amide bonds. The third-order valence-corrected chi connectivity index (χ3v) is 3.84.